The van der Waals surface area contributed by atoms with E-state index in [2.05, 4.69) is 4.98 Å². The number of fused-ring (bicyclic) bond motifs is 1. The molecule has 1 aliphatic heterocycles. The molecule has 2 N–H and O–H groups in total. The second-order valence-electron chi connectivity index (χ2n) is 3.14. The zero-order chi connectivity index (χ0) is 10.3. The van der Waals surface area contributed by atoms with Gasteiger partial charge in [0.15, 0.2) is 16.6 Å². The van der Waals surface area contributed by atoms with E-state index >= 15 is 0 Å². The van der Waals surface area contributed by atoms with E-state index in [4.69, 9.17) is 15.2 Å². The number of hydrogen-bond donors (Lipinski definition) is 1. The first kappa shape index (κ1) is 11.2. The lowest BCUT2D eigenvalue weighted by molar-refractivity contribution is 0.174. The first-order valence-corrected chi connectivity index (χ1v) is 5.32. The predicted octanol–water partition coefficient (Wildman–Crippen LogP) is 2.70. The van der Waals surface area contributed by atoms with Crippen LogP contribution in [-0.2, 0) is 0 Å². The summed E-state index contributed by atoms with van der Waals surface area (Å²) < 4.78 is 10.5. The van der Waals surface area contributed by atoms with Gasteiger partial charge >= 0.3 is 0 Å². The molecule has 1 aromatic carbocycles. The molecule has 0 atom stereocenters. The number of nitrogens with two attached hydrogens (primary N) is 1. The quantitative estimate of drug-likeness (QED) is 0.880. The van der Waals surface area contributed by atoms with Crippen LogP contribution in [0.2, 0.25) is 0 Å². The summed E-state index contributed by atoms with van der Waals surface area (Å²) in [6.45, 7) is 0.290. The van der Waals surface area contributed by atoms with Crippen LogP contribution in [0.5, 0.6) is 11.5 Å². The number of hydrogen-bond acceptors (Lipinski definition) is 5. The fourth-order valence-corrected chi connectivity index (χ4v) is 2.05. The van der Waals surface area contributed by atoms with Gasteiger partial charge in [-0.05, 0) is 18.2 Å². The molecule has 2 aromatic rings. The largest absolute Gasteiger partial charge is 0.454 e. The van der Waals surface area contributed by atoms with E-state index in [1.54, 1.807) is 0 Å². The van der Waals surface area contributed by atoms with E-state index in [0.717, 1.165) is 22.8 Å². The highest BCUT2D eigenvalue weighted by molar-refractivity contribution is 8.93. The molecule has 0 saturated carbocycles. The third-order valence-electron chi connectivity index (χ3n) is 2.19. The van der Waals surface area contributed by atoms with Crippen molar-refractivity contribution in [3.05, 3.63) is 23.6 Å². The predicted molar refractivity (Wildman–Crippen MR) is 68.4 cm³/mol. The smallest absolute Gasteiger partial charge is 0.231 e. The Morgan fingerprint density at radius 3 is 2.81 bits per heavy atom. The number of nitrogens with zero attached hydrogens (tertiary/aromatic N) is 1. The number of thiazole rings is 1. The summed E-state index contributed by atoms with van der Waals surface area (Å²) in [7, 11) is 0. The Hall–Kier alpha value is -1.27. The number of benzene rings is 1. The molecule has 1 aliphatic rings. The van der Waals surface area contributed by atoms with Gasteiger partial charge in [-0.2, -0.15) is 0 Å². The maximum Gasteiger partial charge on any atom is 0.231 e. The van der Waals surface area contributed by atoms with Crippen LogP contribution in [0.3, 0.4) is 0 Å². The number of halogens is 1. The molecule has 0 saturated heterocycles. The van der Waals surface area contributed by atoms with Gasteiger partial charge in [0.05, 0.1) is 5.69 Å². The second-order valence-corrected chi connectivity index (χ2v) is 4.03. The Labute approximate surface area is 107 Å². The Balaban J connectivity index is 0.000000963. The zero-order valence-electron chi connectivity index (χ0n) is 8.17. The van der Waals surface area contributed by atoms with Crippen LogP contribution in [0.1, 0.15) is 0 Å². The minimum atomic E-state index is 0. The van der Waals surface area contributed by atoms with Crippen LogP contribution in [-0.4, -0.2) is 11.8 Å². The topological polar surface area (TPSA) is 57.4 Å². The molecule has 0 aliphatic carbocycles. The lowest BCUT2D eigenvalue weighted by Crippen LogP contribution is -1.92. The Morgan fingerprint density at radius 1 is 1.25 bits per heavy atom. The van der Waals surface area contributed by atoms with Crippen molar-refractivity contribution in [2.24, 2.45) is 0 Å². The van der Waals surface area contributed by atoms with Gasteiger partial charge in [-0.15, -0.1) is 28.3 Å². The molecule has 2 heterocycles. The molecule has 1 aromatic heterocycles. The van der Waals surface area contributed by atoms with Crippen LogP contribution < -0.4 is 15.2 Å². The number of rotatable bonds is 1. The minimum absolute atomic E-state index is 0. The fraction of sp³-hybridized carbons (Fsp3) is 0.100. The fourth-order valence-electron chi connectivity index (χ4n) is 1.48. The average molecular weight is 301 g/mol. The molecule has 0 spiro atoms. The normalized spacial score (nSPS) is 12.2. The van der Waals surface area contributed by atoms with Crippen molar-refractivity contribution < 1.29 is 9.47 Å². The highest BCUT2D eigenvalue weighted by Crippen LogP contribution is 2.36. The molecule has 0 unspecified atom stereocenters. The molecule has 0 bridgehead atoms. The van der Waals surface area contributed by atoms with Gasteiger partial charge in [0.2, 0.25) is 6.79 Å². The van der Waals surface area contributed by atoms with Crippen LogP contribution in [0.25, 0.3) is 11.3 Å². The summed E-state index contributed by atoms with van der Waals surface area (Å²) in [5.41, 5.74) is 7.44. The molecule has 3 rings (SSSR count). The molecule has 6 heteroatoms. The summed E-state index contributed by atoms with van der Waals surface area (Å²) >= 11 is 1.43. The first-order chi connectivity index (χ1) is 7.33. The molecule has 0 amide bonds. The van der Waals surface area contributed by atoms with Gasteiger partial charge in [0.1, 0.15) is 0 Å². The Bertz CT molecular complexity index is 515. The highest BCUT2D eigenvalue weighted by atomic mass is 79.9. The Morgan fingerprint density at radius 2 is 2.06 bits per heavy atom. The van der Waals surface area contributed by atoms with Crippen molar-refractivity contribution in [2.45, 2.75) is 0 Å². The van der Waals surface area contributed by atoms with E-state index in [9.17, 15) is 0 Å². The third-order valence-corrected chi connectivity index (χ3v) is 2.86. The maximum atomic E-state index is 5.58. The van der Waals surface area contributed by atoms with Crippen LogP contribution >= 0.6 is 28.3 Å². The van der Waals surface area contributed by atoms with E-state index in [0.29, 0.717) is 5.13 Å². The SMILES string of the molecule is Br.Nc1nc(-c2ccc3c(c2)OCO3)cs1. The molecule has 84 valence electrons. The number of ether oxygens (including phenoxy) is 2. The van der Waals surface area contributed by atoms with Crippen LogP contribution in [0.15, 0.2) is 23.6 Å². The summed E-state index contributed by atoms with van der Waals surface area (Å²) in [5, 5.41) is 2.50. The average Bonchev–Trinajstić information content (AvgIpc) is 2.84. The zero-order valence-corrected chi connectivity index (χ0v) is 10.7. The van der Waals surface area contributed by atoms with Gasteiger partial charge in [-0.3, -0.25) is 0 Å². The molecule has 0 radical (unpaired) electrons. The van der Waals surface area contributed by atoms with Crippen LogP contribution in [0, 0.1) is 0 Å². The van der Waals surface area contributed by atoms with Gasteiger partial charge in [-0.25, -0.2) is 4.98 Å². The van der Waals surface area contributed by atoms with E-state index < -0.39 is 0 Å². The Kier molecular flexibility index (Phi) is 3.02. The molecule has 16 heavy (non-hydrogen) atoms. The lowest BCUT2D eigenvalue weighted by Gasteiger charge is -1.98. The number of aromatic nitrogens is 1. The van der Waals surface area contributed by atoms with Gasteiger partial charge in [0, 0.05) is 10.9 Å². The van der Waals surface area contributed by atoms with Gasteiger partial charge < -0.3 is 15.2 Å². The third kappa shape index (κ3) is 1.85. The van der Waals surface area contributed by atoms with Crippen LogP contribution in [0.4, 0.5) is 5.13 Å². The summed E-state index contributed by atoms with van der Waals surface area (Å²) in [6, 6.07) is 5.74. The standard InChI is InChI=1S/C10H8N2O2S.BrH/c11-10-12-7(4-15-10)6-1-2-8-9(3-6)14-5-13-8;/h1-4H,5H2,(H2,11,12);1H. The van der Waals surface area contributed by atoms with E-state index in [1.165, 1.54) is 11.3 Å². The van der Waals surface area contributed by atoms with E-state index in [1.807, 2.05) is 23.6 Å². The van der Waals surface area contributed by atoms with Crippen molar-refractivity contribution in [2.75, 3.05) is 12.5 Å². The minimum Gasteiger partial charge on any atom is -0.454 e. The lowest BCUT2D eigenvalue weighted by atomic mass is 10.1. The number of nitrogen functional groups attached to an aromatic ring is 1. The van der Waals surface area contributed by atoms with E-state index in [-0.39, 0.29) is 23.8 Å². The van der Waals surface area contributed by atoms with Crippen molar-refractivity contribution >= 4 is 33.4 Å². The summed E-state index contributed by atoms with van der Waals surface area (Å²) in [5.74, 6) is 1.54. The van der Waals surface area contributed by atoms with Gasteiger partial charge in [0.25, 0.3) is 0 Å². The second kappa shape index (κ2) is 4.31. The van der Waals surface area contributed by atoms with Crippen molar-refractivity contribution in [1.82, 2.24) is 4.98 Å². The molecule has 4 nitrogen and oxygen atoms in total. The van der Waals surface area contributed by atoms with Crippen molar-refractivity contribution in [3.63, 3.8) is 0 Å². The summed E-state index contributed by atoms with van der Waals surface area (Å²) in [4.78, 5) is 4.21. The monoisotopic (exact) mass is 300 g/mol. The maximum absolute atomic E-state index is 5.58. The molecular weight excluding hydrogens is 292 g/mol. The summed E-state index contributed by atoms with van der Waals surface area (Å²) in [6.07, 6.45) is 0. The number of anilines is 1. The highest BCUT2D eigenvalue weighted by Gasteiger charge is 2.14. The molecule has 0 fully saturated rings. The van der Waals surface area contributed by atoms with Crippen molar-refractivity contribution in [3.8, 4) is 22.8 Å². The first-order valence-electron chi connectivity index (χ1n) is 4.44. The van der Waals surface area contributed by atoms with Crippen molar-refractivity contribution in [1.29, 1.82) is 0 Å². The molecular formula is C10H9BrN2O2S. The van der Waals surface area contributed by atoms with Gasteiger partial charge in [-0.1, -0.05) is 0 Å².